The lowest BCUT2D eigenvalue weighted by molar-refractivity contribution is 0.828. The predicted octanol–water partition coefficient (Wildman–Crippen LogP) is 3.30. The highest BCUT2D eigenvalue weighted by Gasteiger charge is 2.05. The Balaban J connectivity index is 2.79. The van der Waals surface area contributed by atoms with Gasteiger partial charge in [0, 0.05) is 27.7 Å². The second kappa shape index (κ2) is 3.70. The van der Waals surface area contributed by atoms with Crippen molar-refractivity contribution in [2.75, 3.05) is 0 Å². The van der Waals surface area contributed by atoms with E-state index >= 15 is 0 Å². The first-order valence-corrected chi connectivity index (χ1v) is 5.28. The molecule has 0 bridgehead atoms. The highest BCUT2D eigenvalue weighted by atomic mass is 35.5. The quantitative estimate of drug-likeness (QED) is 0.788. The molecule has 1 N–H and O–H groups in total. The van der Waals surface area contributed by atoms with Gasteiger partial charge in [0.1, 0.15) is 0 Å². The molecule has 0 radical (unpaired) electrons. The smallest absolute Gasteiger partial charge is 0.189 e. The monoisotopic (exact) mass is 221 g/mol. The third kappa shape index (κ3) is 1.90. The molecule has 0 saturated heterocycles. The van der Waals surface area contributed by atoms with Gasteiger partial charge in [0.2, 0.25) is 0 Å². The highest BCUT2D eigenvalue weighted by molar-refractivity contribution is 6.31. The minimum atomic E-state index is 0.0231. The van der Waals surface area contributed by atoms with Crippen LogP contribution in [0.3, 0.4) is 0 Å². The molecule has 0 spiro atoms. The number of rotatable bonds is 1. The molecular weight excluding hydrogens is 210 g/mol. The van der Waals surface area contributed by atoms with Gasteiger partial charge in [-0.1, -0.05) is 25.4 Å². The second-order valence-electron chi connectivity index (χ2n) is 3.93. The lowest BCUT2D eigenvalue weighted by atomic mass is 10.1. The number of hydrogen-bond acceptors (Lipinski definition) is 1. The standard InChI is InChI=1S/C12H12ClNO/c1-7(2)11-6-12(15)9-5-8(13)3-4-10(9)14-11/h3-7H,1-2H3,(H,14,15). The highest BCUT2D eigenvalue weighted by Crippen LogP contribution is 2.17. The summed E-state index contributed by atoms with van der Waals surface area (Å²) in [6, 6.07) is 6.96. The summed E-state index contributed by atoms with van der Waals surface area (Å²) in [6.45, 7) is 4.10. The Labute approximate surface area is 92.9 Å². The number of fused-ring (bicyclic) bond motifs is 1. The largest absolute Gasteiger partial charge is 0.358 e. The van der Waals surface area contributed by atoms with Gasteiger partial charge in [-0.2, -0.15) is 0 Å². The van der Waals surface area contributed by atoms with Crippen molar-refractivity contribution in [1.29, 1.82) is 0 Å². The van der Waals surface area contributed by atoms with Gasteiger partial charge in [0.15, 0.2) is 5.43 Å². The number of aromatic nitrogens is 1. The molecule has 1 aromatic carbocycles. The van der Waals surface area contributed by atoms with Crippen molar-refractivity contribution in [3.63, 3.8) is 0 Å². The number of pyridine rings is 1. The van der Waals surface area contributed by atoms with Crippen molar-refractivity contribution >= 4 is 22.5 Å². The molecule has 3 heteroatoms. The van der Waals surface area contributed by atoms with Crippen LogP contribution in [0.5, 0.6) is 0 Å². The Morgan fingerprint density at radius 2 is 2.00 bits per heavy atom. The fourth-order valence-corrected chi connectivity index (χ4v) is 1.72. The summed E-state index contributed by atoms with van der Waals surface area (Å²) in [5, 5.41) is 1.23. The average molecular weight is 222 g/mol. The van der Waals surface area contributed by atoms with Gasteiger partial charge in [-0.15, -0.1) is 0 Å². The van der Waals surface area contributed by atoms with Gasteiger partial charge >= 0.3 is 0 Å². The Morgan fingerprint density at radius 1 is 1.27 bits per heavy atom. The molecular formula is C12H12ClNO. The minimum Gasteiger partial charge on any atom is -0.358 e. The minimum absolute atomic E-state index is 0.0231. The van der Waals surface area contributed by atoms with Gasteiger partial charge in [-0.05, 0) is 24.1 Å². The lowest BCUT2D eigenvalue weighted by Gasteiger charge is -2.07. The first-order valence-electron chi connectivity index (χ1n) is 4.90. The molecule has 0 atom stereocenters. The Morgan fingerprint density at radius 3 is 2.67 bits per heavy atom. The summed E-state index contributed by atoms with van der Waals surface area (Å²) >= 11 is 5.84. The van der Waals surface area contributed by atoms with Crippen LogP contribution in [0.2, 0.25) is 5.02 Å². The Hall–Kier alpha value is -1.28. The predicted molar refractivity (Wildman–Crippen MR) is 63.7 cm³/mol. The molecule has 0 unspecified atom stereocenters. The summed E-state index contributed by atoms with van der Waals surface area (Å²) in [5.41, 5.74) is 1.82. The Bertz CT molecular complexity index is 557. The van der Waals surface area contributed by atoms with Crippen LogP contribution in [0, 0.1) is 0 Å². The normalized spacial score (nSPS) is 11.2. The fraction of sp³-hybridized carbons (Fsp3) is 0.250. The van der Waals surface area contributed by atoms with Crippen LogP contribution in [0.4, 0.5) is 0 Å². The SMILES string of the molecule is CC(C)c1cc(=O)c2cc(Cl)ccc2[nH]1. The number of halogens is 1. The molecule has 78 valence electrons. The fourth-order valence-electron chi connectivity index (χ4n) is 1.55. The zero-order chi connectivity index (χ0) is 11.0. The van der Waals surface area contributed by atoms with E-state index in [-0.39, 0.29) is 5.43 Å². The van der Waals surface area contributed by atoms with Crippen molar-refractivity contribution in [2.45, 2.75) is 19.8 Å². The number of aromatic amines is 1. The molecule has 0 amide bonds. The van der Waals surface area contributed by atoms with E-state index < -0.39 is 0 Å². The molecule has 0 aliphatic carbocycles. The maximum atomic E-state index is 11.8. The molecule has 0 aliphatic heterocycles. The van der Waals surface area contributed by atoms with E-state index in [1.807, 2.05) is 19.9 Å². The van der Waals surface area contributed by atoms with Crippen molar-refractivity contribution in [3.05, 3.63) is 45.2 Å². The summed E-state index contributed by atoms with van der Waals surface area (Å²) in [5.74, 6) is 0.317. The van der Waals surface area contributed by atoms with Crippen molar-refractivity contribution in [1.82, 2.24) is 4.98 Å². The van der Waals surface area contributed by atoms with E-state index in [1.54, 1.807) is 18.2 Å². The molecule has 0 saturated carbocycles. The zero-order valence-electron chi connectivity index (χ0n) is 8.67. The van der Waals surface area contributed by atoms with E-state index in [1.165, 1.54) is 0 Å². The van der Waals surface area contributed by atoms with E-state index in [4.69, 9.17) is 11.6 Å². The zero-order valence-corrected chi connectivity index (χ0v) is 9.43. The van der Waals surface area contributed by atoms with E-state index in [0.29, 0.717) is 16.3 Å². The molecule has 2 rings (SSSR count). The third-order valence-electron chi connectivity index (χ3n) is 2.43. The average Bonchev–Trinajstić information content (AvgIpc) is 2.18. The molecule has 1 aromatic heterocycles. The number of H-pyrrole nitrogens is 1. The van der Waals surface area contributed by atoms with Crippen LogP contribution in [-0.4, -0.2) is 4.98 Å². The van der Waals surface area contributed by atoms with Crippen LogP contribution in [0.25, 0.3) is 10.9 Å². The maximum Gasteiger partial charge on any atom is 0.189 e. The van der Waals surface area contributed by atoms with Crippen molar-refractivity contribution in [2.24, 2.45) is 0 Å². The van der Waals surface area contributed by atoms with Crippen LogP contribution in [0.1, 0.15) is 25.5 Å². The number of benzene rings is 1. The van der Waals surface area contributed by atoms with Crippen molar-refractivity contribution in [3.8, 4) is 0 Å². The summed E-state index contributed by atoms with van der Waals surface area (Å²) in [6.07, 6.45) is 0. The van der Waals surface area contributed by atoms with Crippen LogP contribution in [-0.2, 0) is 0 Å². The van der Waals surface area contributed by atoms with Gasteiger partial charge in [-0.25, -0.2) is 0 Å². The summed E-state index contributed by atoms with van der Waals surface area (Å²) in [4.78, 5) is 15.0. The van der Waals surface area contributed by atoms with E-state index in [0.717, 1.165) is 11.2 Å². The van der Waals surface area contributed by atoms with E-state index in [9.17, 15) is 4.79 Å². The first-order chi connectivity index (χ1) is 7.08. The first kappa shape index (κ1) is 10.2. The van der Waals surface area contributed by atoms with Crippen molar-refractivity contribution < 1.29 is 0 Å². The van der Waals surface area contributed by atoms with Crippen LogP contribution < -0.4 is 5.43 Å². The molecule has 15 heavy (non-hydrogen) atoms. The Kier molecular flexibility index (Phi) is 2.53. The molecule has 2 nitrogen and oxygen atoms in total. The lowest BCUT2D eigenvalue weighted by Crippen LogP contribution is -2.06. The summed E-state index contributed by atoms with van der Waals surface area (Å²) < 4.78 is 0. The summed E-state index contributed by atoms with van der Waals surface area (Å²) in [7, 11) is 0. The van der Waals surface area contributed by atoms with Gasteiger partial charge < -0.3 is 4.98 Å². The number of nitrogens with one attached hydrogen (secondary N) is 1. The molecule has 0 fully saturated rings. The van der Waals surface area contributed by atoms with E-state index in [2.05, 4.69) is 4.98 Å². The van der Waals surface area contributed by atoms with Gasteiger partial charge in [0.25, 0.3) is 0 Å². The molecule has 0 aliphatic rings. The van der Waals surface area contributed by atoms with Crippen LogP contribution >= 0.6 is 11.6 Å². The maximum absolute atomic E-state index is 11.8. The number of hydrogen-bond donors (Lipinski definition) is 1. The molecule has 2 aromatic rings. The molecule has 1 heterocycles. The van der Waals surface area contributed by atoms with Crippen LogP contribution in [0.15, 0.2) is 29.1 Å². The van der Waals surface area contributed by atoms with Gasteiger partial charge in [0.05, 0.1) is 0 Å². The van der Waals surface area contributed by atoms with Gasteiger partial charge in [-0.3, -0.25) is 4.79 Å². The second-order valence-corrected chi connectivity index (χ2v) is 4.37. The topological polar surface area (TPSA) is 32.9 Å². The third-order valence-corrected chi connectivity index (χ3v) is 2.67.